The molecule has 2 amide bonds. The predicted octanol–water partition coefficient (Wildman–Crippen LogP) is 6.54. The number of amides is 2. The van der Waals surface area contributed by atoms with E-state index in [0.29, 0.717) is 24.4 Å². The molecule has 5 nitrogen and oxygen atoms in total. The molecule has 39 heavy (non-hydrogen) atoms. The van der Waals surface area contributed by atoms with Gasteiger partial charge in [0.1, 0.15) is 0 Å². The molecule has 2 aromatic rings. The van der Waals surface area contributed by atoms with Gasteiger partial charge in [0, 0.05) is 31.0 Å². The first-order chi connectivity index (χ1) is 17.9. The van der Waals surface area contributed by atoms with Crippen LogP contribution in [0.15, 0.2) is 36.4 Å². The van der Waals surface area contributed by atoms with E-state index in [0.717, 1.165) is 11.1 Å². The van der Waals surface area contributed by atoms with Crippen molar-refractivity contribution in [2.24, 2.45) is 17.3 Å². The lowest BCUT2D eigenvalue weighted by atomic mass is 9.77. The lowest BCUT2D eigenvalue weighted by molar-refractivity contribution is -0.143. The number of rotatable bonds is 7. The zero-order valence-corrected chi connectivity index (χ0v) is 22.7. The largest absolute Gasteiger partial charge is 0.416 e. The summed E-state index contributed by atoms with van der Waals surface area (Å²) in [5, 5.41) is 2.32. The van der Waals surface area contributed by atoms with Crippen LogP contribution in [0.3, 0.4) is 0 Å². The summed E-state index contributed by atoms with van der Waals surface area (Å²) in [6.07, 6.45) is -10.1. The third-order valence-corrected chi connectivity index (χ3v) is 7.14. The van der Waals surface area contributed by atoms with Crippen LogP contribution in [0.2, 0.25) is 0 Å². The first-order valence-electron chi connectivity index (χ1n) is 12.5. The lowest BCUT2D eigenvalue weighted by Gasteiger charge is -2.35. The van der Waals surface area contributed by atoms with Crippen molar-refractivity contribution in [2.75, 3.05) is 36.9 Å². The van der Waals surface area contributed by atoms with Gasteiger partial charge >= 0.3 is 12.4 Å². The van der Waals surface area contributed by atoms with Crippen LogP contribution in [0.1, 0.15) is 43.0 Å². The molecule has 1 N–H and O–H groups in total. The van der Waals surface area contributed by atoms with E-state index in [-0.39, 0.29) is 31.0 Å². The maximum Gasteiger partial charge on any atom is 0.416 e. The van der Waals surface area contributed by atoms with E-state index >= 15 is 0 Å². The Morgan fingerprint density at radius 1 is 1.05 bits per heavy atom. The second-order valence-electron chi connectivity index (χ2n) is 10.9. The lowest BCUT2D eigenvalue weighted by Crippen LogP contribution is -2.50. The monoisotopic (exact) mass is 557 g/mol. The minimum atomic E-state index is -5.06. The highest BCUT2D eigenvalue weighted by Crippen LogP contribution is 2.44. The average molecular weight is 558 g/mol. The Balaban J connectivity index is 2.10. The summed E-state index contributed by atoms with van der Waals surface area (Å²) in [5.41, 5.74) is -2.93. The zero-order chi connectivity index (χ0) is 29.5. The van der Waals surface area contributed by atoms with Crippen LogP contribution in [-0.2, 0) is 21.9 Å². The molecule has 1 heterocycles. The van der Waals surface area contributed by atoms with Gasteiger partial charge in [0.05, 0.1) is 22.5 Å². The second-order valence-corrected chi connectivity index (χ2v) is 10.9. The van der Waals surface area contributed by atoms with Crippen molar-refractivity contribution in [3.8, 4) is 0 Å². The number of hydrogen-bond acceptors (Lipinski definition) is 3. The number of alkyl halides is 6. The van der Waals surface area contributed by atoms with Crippen molar-refractivity contribution in [3.05, 3.63) is 58.7 Å². The van der Waals surface area contributed by atoms with E-state index < -0.39 is 46.4 Å². The van der Waals surface area contributed by atoms with Crippen molar-refractivity contribution in [2.45, 2.75) is 47.0 Å². The van der Waals surface area contributed by atoms with Crippen molar-refractivity contribution >= 4 is 23.2 Å². The number of anilines is 2. The quantitative estimate of drug-likeness (QED) is 0.394. The molecule has 2 atom stereocenters. The van der Waals surface area contributed by atoms with E-state index in [1.165, 1.54) is 4.90 Å². The second kappa shape index (κ2) is 10.8. The van der Waals surface area contributed by atoms with Crippen LogP contribution >= 0.6 is 0 Å². The highest BCUT2D eigenvalue weighted by atomic mass is 19.4. The highest BCUT2D eigenvalue weighted by molar-refractivity contribution is 6.08. The fourth-order valence-corrected chi connectivity index (χ4v) is 5.37. The Bertz CT molecular complexity index is 1190. The minimum Gasteiger partial charge on any atom is -0.325 e. The third-order valence-electron chi connectivity index (χ3n) is 7.14. The molecule has 0 spiro atoms. The maximum atomic E-state index is 13.9. The number of carbonyl (C=O) groups is 2. The van der Waals surface area contributed by atoms with Crippen LogP contribution in [0, 0.1) is 31.1 Å². The molecule has 0 radical (unpaired) electrons. The summed E-state index contributed by atoms with van der Waals surface area (Å²) in [7, 11) is 1.76. The molecule has 0 aromatic heterocycles. The molecular formula is C28H33F6N3O2. The Morgan fingerprint density at radius 3 is 2.03 bits per heavy atom. The molecule has 1 aliphatic heterocycles. The summed E-state index contributed by atoms with van der Waals surface area (Å²) < 4.78 is 80.6. The molecule has 1 aliphatic rings. The number of aryl methyl sites for hydroxylation is 2. The number of para-hydroxylation sites is 1. The van der Waals surface area contributed by atoms with E-state index in [4.69, 9.17) is 0 Å². The normalized spacial score (nSPS) is 20.3. The van der Waals surface area contributed by atoms with E-state index in [1.807, 2.05) is 50.8 Å². The van der Waals surface area contributed by atoms with Gasteiger partial charge in [-0.1, -0.05) is 39.0 Å². The summed E-state index contributed by atoms with van der Waals surface area (Å²) in [6, 6.07) is 6.44. The highest BCUT2D eigenvalue weighted by Gasteiger charge is 2.56. The molecule has 11 heteroatoms. The van der Waals surface area contributed by atoms with Crippen molar-refractivity contribution in [1.82, 2.24) is 4.90 Å². The number of halogens is 6. The standard InChI is InChI=1S/C28H33F6N3O2/c1-16(2)13-36(6)14-26(15-37(24(38)19(26)5)23-17(3)8-7-9-18(23)4)25(39)35-22-11-20(27(29,30)31)10-21(12-22)28(32,33)34/h7-12,16,19H,13-15H2,1-6H3,(H,35,39)/t19?,26-/m1/s1. The Hall–Kier alpha value is -3.08. The smallest absolute Gasteiger partial charge is 0.325 e. The summed E-state index contributed by atoms with van der Waals surface area (Å²) in [4.78, 5) is 30.9. The number of nitrogens with zero attached hydrogens (tertiary/aromatic N) is 2. The van der Waals surface area contributed by atoms with E-state index in [9.17, 15) is 35.9 Å². The van der Waals surface area contributed by atoms with Gasteiger partial charge in [0.25, 0.3) is 0 Å². The molecular weight excluding hydrogens is 524 g/mol. The van der Waals surface area contributed by atoms with Crippen LogP contribution < -0.4 is 10.2 Å². The van der Waals surface area contributed by atoms with Crippen molar-refractivity contribution < 1.29 is 35.9 Å². The van der Waals surface area contributed by atoms with Gasteiger partial charge < -0.3 is 15.1 Å². The van der Waals surface area contributed by atoms with Crippen LogP contribution in [0.25, 0.3) is 0 Å². The molecule has 214 valence electrons. The molecule has 1 unspecified atom stereocenters. The van der Waals surface area contributed by atoms with Crippen LogP contribution in [0.5, 0.6) is 0 Å². The number of carbonyl (C=O) groups excluding carboxylic acids is 2. The molecule has 3 rings (SSSR count). The molecule has 1 fully saturated rings. The fourth-order valence-electron chi connectivity index (χ4n) is 5.37. The Labute approximate surface area is 224 Å². The van der Waals surface area contributed by atoms with Gasteiger partial charge in [-0.15, -0.1) is 0 Å². The predicted molar refractivity (Wildman–Crippen MR) is 137 cm³/mol. The third kappa shape index (κ3) is 6.40. The van der Waals surface area contributed by atoms with Gasteiger partial charge in [-0.2, -0.15) is 26.3 Å². The van der Waals surface area contributed by atoms with E-state index in [2.05, 4.69) is 5.32 Å². The topological polar surface area (TPSA) is 52.6 Å². The Kier molecular flexibility index (Phi) is 8.46. The molecule has 0 aliphatic carbocycles. The summed E-state index contributed by atoms with van der Waals surface area (Å²) in [6.45, 7) is 9.70. The van der Waals surface area contributed by atoms with Crippen molar-refractivity contribution in [1.29, 1.82) is 0 Å². The first kappa shape index (κ1) is 30.5. The minimum absolute atomic E-state index is 0.00620. The fraction of sp³-hybridized carbons (Fsp3) is 0.500. The van der Waals surface area contributed by atoms with Crippen LogP contribution in [0.4, 0.5) is 37.7 Å². The first-order valence-corrected chi connectivity index (χ1v) is 12.5. The number of benzene rings is 2. The number of hydrogen-bond donors (Lipinski definition) is 1. The maximum absolute atomic E-state index is 13.9. The summed E-state index contributed by atoms with van der Waals surface area (Å²) in [5.74, 6) is -1.87. The van der Waals surface area contributed by atoms with Crippen molar-refractivity contribution in [3.63, 3.8) is 0 Å². The molecule has 1 saturated heterocycles. The number of nitrogens with one attached hydrogen (secondary N) is 1. The summed E-state index contributed by atoms with van der Waals surface area (Å²) >= 11 is 0. The molecule has 2 aromatic carbocycles. The SMILES string of the molecule is Cc1cccc(C)c1N1C[C@@](CN(C)CC(C)C)(C(=O)Nc2cc(C(F)(F)F)cc(C(F)(F)F)c2)C(C)C1=O. The van der Waals surface area contributed by atoms with Gasteiger partial charge in [0.15, 0.2) is 0 Å². The van der Waals surface area contributed by atoms with Gasteiger partial charge in [-0.05, 0) is 56.1 Å². The van der Waals surface area contributed by atoms with Crippen LogP contribution in [-0.4, -0.2) is 43.4 Å². The van der Waals surface area contributed by atoms with E-state index in [1.54, 1.807) is 14.0 Å². The average Bonchev–Trinajstić information content (AvgIpc) is 3.03. The molecule has 0 bridgehead atoms. The Morgan fingerprint density at radius 2 is 1.56 bits per heavy atom. The molecule has 0 saturated carbocycles. The van der Waals surface area contributed by atoms with Gasteiger partial charge in [0.2, 0.25) is 11.8 Å². The van der Waals surface area contributed by atoms with Gasteiger partial charge in [-0.3, -0.25) is 9.59 Å². The zero-order valence-electron chi connectivity index (χ0n) is 22.7. The van der Waals surface area contributed by atoms with Gasteiger partial charge in [-0.25, -0.2) is 0 Å².